The quantitative estimate of drug-likeness (QED) is 0.0393. The number of benzene rings is 1. The van der Waals surface area contributed by atoms with Crippen LogP contribution in [0.4, 0.5) is 5.69 Å². The van der Waals surface area contributed by atoms with Crippen molar-refractivity contribution >= 4 is 54.3 Å². The maximum absolute atomic E-state index is 12.8. The van der Waals surface area contributed by atoms with Gasteiger partial charge in [0.15, 0.2) is 0 Å². The summed E-state index contributed by atoms with van der Waals surface area (Å²) < 4.78 is 0. The predicted molar refractivity (Wildman–Crippen MR) is 196 cm³/mol. The Morgan fingerprint density at radius 1 is 0.655 bits per heavy atom. The number of rotatable bonds is 18. The van der Waals surface area contributed by atoms with Crippen molar-refractivity contribution in [3.05, 3.63) is 29.8 Å². The number of anilines is 1. The molecule has 0 spiro atoms. The van der Waals surface area contributed by atoms with Crippen molar-refractivity contribution in [2.45, 2.75) is 31.6 Å². The third kappa shape index (κ3) is 17.0. The molecule has 304 valence electrons. The van der Waals surface area contributed by atoms with Crippen LogP contribution in [0.1, 0.15) is 36.0 Å². The molecule has 9 N–H and O–H groups in total. The maximum Gasteiger partial charge on any atom is 0.475 e. The van der Waals surface area contributed by atoms with E-state index in [9.17, 15) is 58.9 Å². The van der Waals surface area contributed by atoms with Crippen LogP contribution >= 0.6 is 0 Å². The molecule has 1 aromatic carbocycles. The number of nitrogens with one attached hydrogen (secondary N) is 4. The Labute approximate surface area is 318 Å². The van der Waals surface area contributed by atoms with Crippen molar-refractivity contribution in [1.82, 2.24) is 40.6 Å². The molecule has 55 heavy (non-hydrogen) atoms. The number of amides is 4. The zero-order chi connectivity index (χ0) is 40.3. The molecule has 2 aliphatic rings. The first-order valence-electron chi connectivity index (χ1n) is 18.1. The molecule has 1 aromatic rings. The van der Waals surface area contributed by atoms with Gasteiger partial charge in [-0.2, -0.15) is 0 Å². The van der Waals surface area contributed by atoms with Gasteiger partial charge in [0.1, 0.15) is 0 Å². The largest absolute Gasteiger partial charge is 0.480 e. The summed E-state index contributed by atoms with van der Waals surface area (Å²) in [6.07, 6.45) is 1.50. The van der Waals surface area contributed by atoms with Crippen LogP contribution in [0.15, 0.2) is 24.3 Å². The van der Waals surface area contributed by atoms with E-state index in [0.29, 0.717) is 44.6 Å². The van der Waals surface area contributed by atoms with E-state index in [1.54, 1.807) is 31.7 Å². The molecule has 21 nitrogen and oxygen atoms in total. The fourth-order valence-electron chi connectivity index (χ4n) is 6.20. The van der Waals surface area contributed by atoms with E-state index < -0.39 is 42.8 Å². The minimum atomic E-state index is -1.65. The van der Waals surface area contributed by atoms with Crippen molar-refractivity contribution in [1.29, 1.82) is 0 Å². The van der Waals surface area contributed by atoms with Crippen LogP contribution in [-0.2, 0) is 28.8 Å². The zero-order valence-corrected chi connectivity index (χ0v) is 30.7. The summed E-state index contributed by atoms with van der Waals surface area (Å²) >= 11 is 0. The van der Waals surface area contributed by atoms with E-state index in [4.69, 9.17) is 0 Å². The van der Waals surface area contributed by atoms with Gasteiger partial charge in [0, 0.05) is 77.4 Å². The van der Waals surface area contributed by atoms with Crippen molar-refractivity contribution < 1.29 is 58.9 Å². The molecule has 2 saturated heterocycles. The maximum atomic E-state index is 12.8. The molecule has 0 radical (unpaired) electrons. The summed E-state index contributed by atoms with van der Waals surface area (Å²) in [6, 6.07) is 6.12. The highest BCUT2D eigenvalue weighted by Gasteiger charge is 2.36. The summed E-state index contributed by atoms with van der Waals surface area (Å²) in [4.78, 5) is 92.6. The lowest BCUT2D eigenvalue weighted by Crippen LogP contribution is -2.49. The van der Waals surface area contributed by atoms with Gasteiger partial charge in [0.25, 0.3) is 5.91 Å². The van der Waals surface area contributed by atoms with Gasteiger partial charge in [-0.05, 0) is 43.5 Å². The van der Waals surface area contributed by atoms with Crippen molar-refractivity contribution in [3.63, 3.8) is 0 Å². The van der Waals surface area contributed by atoms with Crippen molar-refractivity contribution in [3.8, 4) is 0 Å². The van der Waals surface area contributed by atoms with E-state index in [1.807, 2.05) is 0 Å². The zero-order valence-electron chi connectivity index (χ0n) is 30.7. The molecule has 0 saturated carbocycles. The second-order valence-corrected chi connectivity index (χ2v) is 13.4. The summed E-state index contributed by atoms with van der Waals surface area (Å²) in [6.45, 7) is 1.65. The number of hydrogen-bond acceptors (Lipinski definition) is 14. The lowest BCUT2D eigenvalue weighted by Gasteiger charge is -2.32. The van der Waals surface area contributed by atoms with E-state index in [2.05, 4.69) is 21.5 Å². The SMILES string of the molecule is O=C(O)CN1CCN(CC(=O)O)CCN(CC(=O)NCCCC(=O)NNc2ccc(C(=O)NCC(=O)N3CCC[C@H]3B(O)O)cc2)CCN(CC(=O)O)CC1. The Kier molecular flexibility index (Phi) is 18.7. The highest BCUT2D eigenvalue weighted by Crippen LogP contribution is 2.18. The van der Waals surface area contributed by atoms with Crippen LogP contribution in [0.25, 0.3) is 0 Å². The molecule has 2 heterocycles. The number of carboxylic acids is 3. The third-order valence-electron chi connectivity index (χ3n) is 9.13. The second kappa shape index (κ2) is 23.1. The molecule has 0 unspecified atom stereocenters. The molecule has 2 fully saturated rings. The van der Waals surface area contributed by atoms with Gasteiger partial charge in [-0.15, -0.1) is 0 Å². The summed E-state index contributed by atoms with van der Waals surface area (Å²) in [5.74, 6) is -5.43. The lowest BCUT2D eigenvalue weighted by molar-refractivity contribution is -0.140. The minimum absolute atomic E-state index is 0.0439. The van der Waals surface area contributed by atoms with Crippen LogP contribution in [0, 0.1) is 0 Å². The topological polar surface area (TPSA) is 285 Å². The highest BCUT2D eigenvalue weighted by atomic mass is 16.4. The van der Waals surface area contributed by atoms with Crippen molar-refractivity contribution in [2.75, 3.05) is 104 Å². The van der Waals surface area contributed by atoms with Gasteiger partial charge in [-0.25, -0.2) is 0 Å². The van der Waals surface area contributed by atoms with Crippen LogP contribution in [-0.4, -0.2) is 203 Å². The Morgan fingerprint density at radius 2 is 1.15 bits per heavy atom. The monoisotopic (exact) mass is 777 g/mol. The molecule has 0 aromatic heterocycles. The molecule has 1 atom stereocenters. The fraction of sp³-hybridized carbons (Fsp3) is 0.606. The average Bonchev–Trinajstić information content (AvgIpc) is 3.63. The van der Waals surface area contributed by atoms with Gasteiger partial charge in [-0.3, -0.25) is 64.0 Å². The van der Waals surface area contributed by atoms with Gasteiger partial charge in [-0.1, -0.05) is 0 Å². The minimum Gasteiger partial charge on any atom is -0.480 e. The summed E-state index contributed by atoms with van der Waals surface area (Å²) in [5, 5.41) is 52.3. The third-order valence-corrected chi connectivity index (χ3v) is 9.13. The lowest BCUT2D eigenvalue weighted by atomic mass is 9.78. The Bertz CT molecular complexity index is 1440. The first-order chi connectivity index (χ1) is 26.2. The molecule has 0 aliphatic carbocycles. The average molecular weight is 778 g/mol. The van der Waals surface area contributed by atoms with Crippen LogP contribution in [0.3, 0.4) is 0 Å². The second-order valence-electron chi connectivity index (χ2n) is 13.4. The number of nitrogens with zero attached hydrogens (tertiary/aromatic N) is 5. The van der Waals surface area contributed by atoms with Gasteiger partial charge in [0.2, 0.25) is 17.7 Å². The first kappa shape index (κ1) is 44.5. The summed E-state index contributed by atoms with van der Waals surface area (Å²) in [7, 11) is -1.65. The Hall–Kier alpha value is -4.87. The van der Waals surface area contributed by atoms with E-state index in [0.717, 1.165) is 0 Å². The van der Waals surface area contributed by atoms with E-state index >= 15 is 0 Å². The molecule has 0 bridgehead atoms. The Morgan fingerprint density at radius 3 is 1.62 bits per heavy atom. The molecule has 22 heteroatoms. The molecule has 4 amide bonds. The van der Waals surface area contributed by atoms with Crippen LogP contribution < -0.4 is 21.5 Å². The summed E-state index contributed by atoms with van der Waals surface area (Å²) in [5.41, 5.74) is 6.04. The molecular formula is C33H52BN9O12. The van der Waals surface area contributed by atoms with Gasteiger partial charge >= 0.3 is 25.0 Å². The number of carbonyl (C=O) groups is 7. The molecule has 2 aliphatic heterocycles. The fourth-order valence-corrected chi connectivity index (χ4v) is 6.20. The number of carbonyl (C=O) groups excluding carboxylic acids is 4. The van der Waals surface area contributed by atoms with Crippen LogP contribution in [0.5, 0.6) is 0 Å². The number of carboxylic acid groups (broad SMARTS) is 3. The van der Waals surface area contributed by atoms with Crippen molar-refractivity contribution in [2.24, 2.45) is 0 Å². The number of aliphatic carboxylic acids is 3. The number of hydrazine groups is 1. The normalized spacial score (nSPS) is 18.0. The predicted octanol–water partition coefficient (Wildman–Crippen LogP) is -3.77. The van der Waals surface area contributed by atoms with E-state index in [1.165, 1.54) is 17.0 Å². The van der Waals surface area contributed by atoms with Gasteiger partial charge in [0.05, 0.1) is 44.4 Å². The Balaban J connectivity index is 1.40. The highest BCUT2D eigenvalue weighted by molar-refractivity contribution is 6.43. The molecular weight excluding hydrogens is 725 g/mol. The standard InChI is InChI=1S/C33H52BN9O12/c44-27(38-37-25-7-5-24(6-8-25)33(53)36-19-29(46)43-10-2-3-26(43)34(54)55)4-1-9-35-28(45)20-39-11-13-40(21-30(47)48)15-17-42(23-32(51)52)18-16-41(14-12-39)22-31(49)50/h5-8,26,37,54-55H,1-4,9-23H2,(H,35,45)(H,36,53)(H,38,44)(H,47,48)(H,49,50)(H,51,52)/t26-/m0/s1. The molecule has 3 rings (SSSR count). The first-order valence-corrected chi connectivity index (χ1v) is 18.1. The number of hydrogen-bond donors (Lipinski definition) is 9. The van der Waals surface area contributed by atoms with Gasteiger partial charge < -0.3 is 40.9 Å². The van der Waals surface area contributed by atoms with Crippen LogP contribution in [0.2, 0.25) is 0 Å². The van der Waals surface area contributed by atoms with E-state index in [-0.39, 0.29) is 102 Å². The number of likely N-dealkylation sites (tertiary alicyclic amines) is 1. The smallest absolute Gasteiger partial charge is 0.475 e.